The number of aromatic nitrogens is 1. The molecule has 0 fully saturated rings. The molecule has 0 N–H and O–H groups in total. The van der Waals surface area contributed by atoms with Gasteiger partial charge >= 0.3 is 0 Å². The highest BCUT2D eigenvalue weighted by atomic mass is 19.1. The largest absolute Gasteiger partial charge is 0.346 e. The molecule has 0 amide bonds. The van der Waals surface area contributed by atoms with Crippen LogP contribution in [0, 0.1) is 23.4 Å². The fraction of sp³-hybridized carbons (Fsp3) is 0.333. The molecule has 0 spiro atoms. The van der Waals surface area contributed by atoms with Crippen LogP contribution in [0.25, 0.3) is 0 Å². The molecule has 0 aliphatic carbocycles. The summed E-state index contributed by atoms with van der Waals surface area (Å²) in [5.74, 6) is -0.793. The van der Waals surface area contributed by atoms with Crippen molar-refractivity contribution in [2.45, 2.75) is 39.9 Å². The zero-order valence-electron chi connectivity index (χ0n) is 16.9. The predicted octanol–water partition coefficient (Wildman–Crippen LogP) is 6.00. The van der Waals surface area contributed by atoms with Gasteiger partial charge in [0.2, 0.25) is 0 Å². The molecular formula is C24H27F3N2. The van der Waals surface area contributed by atoms with Gasteiger partial charge in [0.25, 0.3) is 0 Å². The molecule has 0 aliphatic heterocycles. The second-order valence-electron chi connectivity index (χ2n) is 7.88. The molecule has 3 aromatic rings. The SMILES string of the molecule is CC(C)CCN(Cc1ccc(F)cc1F)Cc1cccn1Cc1ccc(F)cc1. The molecule has 2 nitrogen and oxygen atoms in total. The second-order valence-corrected chi connectivity index (χ2v) is 7.88. The van der Waals surface area contributed by atoms with Crippen molar-refractivity contribution in [3.05, 3.63) is 95.1 Å². The van der Waals surface area contributed by atoms with Gasteiger partial charge in [-0.15, -0.1) is 0 Å². The van der Waals surface area contributed by atoms with Crippen LogP contribution in [-0.4, -0.2) is 16.0 Å². The first-order valence-electron chi connectivity index (χ1n) is 9.95. The lowest BCUT2D eigenvalue weighted by Crippen LogP contribution is -2.26. The van der Waals surface area contributed by atoms with E-state index in [0.717, 1.165) is 30.3 Å². The van der Waals surface area contributed by atoms with Crippen LogP contribution in [-0.2, 0) is 19.6 Å². The summed E-state index contributed by atoms with van der Waals surface area (Å²) >= 11 is 0. The Kier molecular flexibility index (Phi) is 7.15. The number of rotatable bonds is 9. The van der Waals surface area contributed by atoms with Crippen LogP contribution in [0.1, 0.15) is 37.1 Å². The van der Waals surface area contributed by atoms with E-state index in [1.54, 1.807) is 12.1 Å². The summed E-state index contributed by atoms with van der Waals surface area (Å²) in [4.78, 5) is 2.19. The van der Waals surface area contributed by atoms with Gasteiger partial charge < -0.3 is 4.57 Å². The maximum atomic E-state index is 14.2. The van der Waals surface area contributed by atoms with E-state index in [1.807, 2.05) is 18.3 Å². The standard InChI is InChI=1S/C24H27F3N2/c1-18(2)11-13-28(16-20-7-10-22(26)14-24(20)27)17-23-4-3-12-29(23)15-19-5-8-21(25)9-6-19/h3-10,12,14,18H,11,13,15-17H2,1-2H3. The van der Waals surface area contributed by atoms with E-state index in [9.17, 15) is 13.2 Å². The minimum atomic E-state index is -0.562. The van der Waals surface area contributed by atoms with Gasteiger partial charge in [-0.25, -0.2) is 13.2 Å². The Balaban J connectivity index is 1.75. The first-order valence-corrected chi connectivity index (χ1v) is 9.95. The minimum absolute atomic E-state index is 0.248. The van der Waals surface area contributed by atoms with Gasteiger partial charge in [-0.05, 0) is 54.8 Å². The number of nitrogens with zero attached hydrogens (tertiary/aromatic N) is 2. The lowest BCUT2D eigenvalue weighted by Gasteiger charge is -2.24. The van der Waals surface area contributed by atoms with Gasteiger partial charge in [-0.2, -0.15) is 0 Å². The van der Waals surface area contributed by atoms with Crippen LogP contribution >= 0.6 is 0 Å². The van der Waals surface area contributed by atoms with Crippen LogP contribution in [0.2, 0.25) is 0 Å². The summed E-state index contributed by atoms with van der Waals surface area (Å²) in [6.45, 7) is 6.85. The lowest BCUT2D eigenvalue weighted by molar-refractivity contribution is 0.232. The molecule has 0 bridgehead atoms. The van der Waals surface area contributed by atoms with Crippen molar-refractivity contribution < 1.29 is 13.2 Å². The third-order valence-electron chi connectivity index (χ3n) is 5.01. The fourth-order valence-electron chi connectivity index (χ4n) is 3.31. The Morgan fingerprint density at radius 2 is 1.62 bits per heavy atom. The van der Waals surface area contributed by atoms with Gasteiger partial charge in [-0.1, -0.05) is 32.0 Å². The van der Waals surface area contributed by atoms with Crippen LogP contribution < -0.4 is 0 Å². The van der Waals surface area contributed by atoms with Crippen LogP contribution in [0.5, 0.6) is 0 Å². The van der Waals surface area contributed by atoms with Crippen molar-refractivity contribution in [1.82, 2.24) is 9.47 Å². The van der Waals surface area contributed by atoms with Gasteiger partial charge in [-0.3, -0.25) is 4.90 Å². The van der Waals surface area contributed by atoms with E-state index in [-0.39, 0.29) is 5.82 Å². The Hall–Kier alpha value is -2.53. The number of hydrogen-bond acceptors (Lipinski definition) is 1. The Morgan fingerprint density at radius 1 is 0.897 bits per heavy atom. The quantitative estimate of drug-likeness (QED) is 0.428. The van der Waals surface area contributed by atoms with E-state index in [1.165, 1.54) is 24.3 Å². The Morgan fingerprint density at radius 3 is 2.31 bits per heavy atom. The zero-order valence-corrected chi connectivity index (χ0v) is 16.9. The van der Waals surface area contributed by atoms with Gasteiger partial charge in [0.15, 0.2) is 0 Å². The highest BCUT2D eigenvalue weighted by molar-refractivity contribution is 5.20. The van der Waals surface area contributed by atoms with Gasteiger partial charge in [0, 0.05) is 43.2 Å². The normalized spacial score (nSPS) is 11.6. The molecule has 0 atom stereocenters. The van der Waals surface area contributed by atoms with E-state index < -0.39 is 11.6 Å². The molecule has 0 saturated carbocycles. The van der Waals surface area contributed by atoms with E-state index in [4.69, 9.17) is 0 Å². The van der Waals surface area contributed by atoms with E-state index in [2.05, 4.69) is 23.3 Å². The van der Waals surface area contributed by atoms with Crippen LogP contribution in [0.3, 0.4) is 0 Å². The van der Waals surface area contributed by atoms with Crippen molar-refractivity contribution in [2.75, 3.05) is 6.54 Å². The monoisotopic (exact) mass is 400 g/mol. The Labute approximate surface area is 170 Å². The predicted molar refractivity (Wildman–Crippen MR) is 110 cm³/mol. The molecule has 2 aromatic carbocycles. The summed E-state index contributed by atoms with van der Waals surface area (Å²) in [5.41, 5.74) is 2.61. The molecule has 0 unspecified atom stereocenters. The second kappa shape index (κ2) is 9.79. The van der Waals surface area contributed by atoms with Gasteiger partial charge in [0.05, 0.1) is 0 Å². The summed E-state index contributed by atoms with van der Waals surface area (Å²) in [7, 11) is 0. The van der Waals surface area contributed by atoms with Gasteiger partial charge in [0.1, 0.15) is 17.5 Å². The summed E-state index contributed by atoms with van der Waals surface area (Å²) in [5, 5.41) is 0. The molecule has 3 rings (SSSR count). The van der Waals surface area contributed by atoms with Crippen LogP contribution in [0.15, 0.2) is 60.8 Å². The third-order valence-corrected chi connectivity index (χ3v) is 5.01. The topological polar surface area (TPSA) is 8.17 Å². The highest BCUT2D eigenvalue weighted by Gasteiger charge is 2.14. The van der Waals surface area contributed by atoms with Crippen molar-refractivity contribution in [1.29, 1.82) is 0 Å². The minimum Gasteiger partial charge on any atom is -0.346 e. The number of hydrogen-bond donors (Lipinski definition) is 0. The summed E-state index contributed by atoms with van der Waals surface area (Å²) < 4.78 is 42.7. The average molecular weight is 400 g/mol. The molecule has 29 heavy (non-hydrogen) atoms. The maximum absolute atomic E-state index is 14.2. The average Bonchev–Trinajstić information content (AvgIpc) is 3.10. The molecule has 154 valence electrons. The molecular weight excluding hydrogens is 373 g/mol. The van der Waals surface area contributed by atoms with Crippen molar-refractivity contribution in [3.8, 4) is 0 Å². The fourth-order valence-corrected chi connectivity index (χ4v) is 3.31. The molecule has 1 heterocycles. The van der Waals surface area contributed by atoms with Crippen molar-refractivity contribution in [3.63, 3.8) is 0 Å². The van der Waals surface area contributed by atoms with Crippen molar-refractivity contribution in [2.24, 2.45) is 5.92 Å². The smallest absolute Gasteiger partial charge is 0.130 e. The maximum Gasteiger partial charge on any atom is 0.130 e. The van der Waals surface area contributed by atoms with Crippen LogP contribution in [0.4, 0.5) is 13.2 Å². The molecule has 0 aliphatic rings. The first-order chi connectivity index (χ1) is 13.9. The van der Waals surface area contributed by atoms with E-state index >= 15 is 0 Å². The molecule has 0 saturated heterocycles. The summed E-state index contributed by atoms with van der Waals surface area (Å²) in [6.07, 6.45) is 2.99. The third kappa shape index (κ3) is 6.23. The van der Waals surface area contributed by atoms with Crippen molar-refractivity contribution >= 4 is 0 Å². The van der Waals surface area contributed by atoms with E-state index in [0.29, 0.717) is 31.1 Å². The zero-order chi connectivity index (χ0) is 20.8. The molecule has 5 heteroatoms. The Bertz CT molecular complexity index is 916. The molecule has 1 aromatic heterocycles. The lowest BCUT2D eigenvalue weighted by atomic mass is 10.1. The summed E-state index contributed by atoms with van der Waals surface area (Å²) in [6, 6.07) is 14.3. The first kappa shape index (κ1) is 21.2. The number of benzene rings is 2. The molecule has 0 radical (unpaired) electrons. The highest BCUT2D eigenvalue weighted by Crippen LogP contribution is 2.17. The number of halogens is 3.